The van der Waals surface area contributed by atoms with Crippen LogP contribution in [0.3, 0.4) is 0 Å². The minimum absolute atomic E-state index is 0.0405. The van der Waals surface area contributed by atoms with E-state index in [-0.39, 0.29) is 11.9 Å². The number of rotatable bonds is 6. The summed E-state index contributed by atoms with van der Waals surface area (Å²) in [6.45, 7) is 8.91. The van der Waals surface area contributed by atoms with Crippen LogP contribution in [0.2, 0.25) is 0 Å². The van der Waals surface area contributed by atoms with Gasteiger partial charge < -0.3 is 9.88 Å². The fraction of sp³-hybridized carbons (Fsp3) is 0.364. The molecule has 136 valence electrons. The van der Waals surface area contributed by atoms with Crippen LogP contribution in [0.25, 0.3) is 11.0 Å². The van der Waals surface area contributed by atoms with Crippen LogP contribution >= 0.6 is 0 Å². The predicted molar refractivity (Wildman–Crippen MR) is 106 cm³/mol. The Morgan fingerprint density at radius 3 is 2.54 bits per heavy atom. The lowest BCUT2D eigenvalue weighted by Crippen LogP contribution is -2.32. The number of aromatic nitrogens is 2. The second-order valence-electron chi connectivity index (χ2n) is 6.95. The van der Waals surface area contributed by atoms with E-state index < -0.39 is 0 Å². The van der Waals surface area contributed by atoms with Crippen LogP contribution in [0.5, 0.6) is 0 Å². The summed E-state index contributed by atoms with van der Waals surface area (Å²) in [5.41, 5.74) is 5.61. The number of carbonyl (C=O) groups excluding carboxylic acids is 1. The molecule has 1 atom stereocenters. The predicted octanol–water partition coefficient (Wildman–Crippen LogP) is 4.33. The Kier molecular flexibility index (Phi) is 5.40. The lowest BCUT2D eigenvalue weighted by Gasteiger charge is -2.18. The number of hydrogen-bond acceptors (Lipinski definition) is 2. The van der Waals surface area contributed by atoms with Crippen LogP contribution < -0.4 is 5.32 Å². The van der Waals surface area contributed by atoms with Gasteiger partial charge in [-0.15, -0.1) is 0 Å². The summed E-state index contributed by atoms with van der Waals surface area (Å²) in [6.07, 6.45) is 1.64. The van der Waals surface area contributed by atoms with Crippen molar-refractivity contribution < 1.29 is 4.79 Å². The Morgan fingerprint density at radius 1 is 1.15 bits per heavy atom. The first kappa shape index (κ1) is 18.2. The van der Waals surface area contributed by atoms with E-state index in [9.17, 15) is 4.79 Å². The lowest BCUT2D eigenvalue weighted by atomic mass is 10.1. The molecule has 1 heterocycles. The molecule has 0 aliphatic carbocycles. The second kappa shape index (κ2) is 7.73. The van der Waals surface area contributed by atoms with Crippen molar-refractivity contribution in [1.29, 1.82) is 0 Å². The number of aryl methyl sites for hydroxylation is 2. The Labute approximate surface area is 155 Å². The normalized spacial score (nSPS) is 12.3. The first-order valence-corrected chi connectivity index (χ1v) is 9.31. The molecule has 0 spiro atoms. The fourth-order valence-electron chi connectivity index (χ4n) is 3.25. The minimum atomic E-state index is -0.299. The molecule has 0 bridgehead atoms. The first-order valence-electron chi connectivity index (χ1n) is 9.31. The van der Waals surface area contributed by atoms with Gasteiger partial charge in [0, 0.05) is 13.0 Å². The second-order valence-corrected chi connectivity index (χ2v) is 6.95. The van der Waals surface area contributed by atoms with Crippen molar-refractivity contribution in [3.63, 3.8) is 0 Å². The van der Waals surface area contributed by atoms with E-state index in [2.05, 4.69) is 54.9 Å². The summed E-state index contributed by atoms with van der Waals surface area (Å²) in [6, 6.07) is 14.3. The van der Waals surface area contributed by atoms with Crippen molar-refractivity contribution in [3.8, 4) is 0 Å². The standard InChI is InChI=1S/C22H27N3O/c1-5-11-23-22(26)17(4)25-20-13-16(3)15(2)12-19(20)24-21(25)14-18-9-7-6-8-10-18/h6-10,12-13,17H,5,11,14H2,1-4H3,(H,23,26). The molecule has 2 aromatic carbocycles. The molecule has 1 amide bonds. The zero-order valence-corrected chi connectivity index (χ0v) is 16.0. The molecule has 0 aliphatic heterocycles. The third-order valence-electron chi connectivity index (χ3n) is 4.90. The number of carbonyl (C=O) groups is 1. The number of fused-ring (bicyclic) bond motifs is 1. The van der Waals surface area contributed by atoms with E-state index in [1.807, 2.05) is 25.1 Å². The molecule has 4 heteroatoms. The Balaban J connectivity index is 2.08. The largest absolute Gasteiger partial charge is 0.354 e. The van der Waals surface area contributed by atoms with Crippen LogP contribution in [0.1, 0.15) is 48.8 Å². The van der Waals surface area contributed by atoms with Gasteiger partial charge in [0.2, 0.25) is 5.91 Å². The highest BCUT2D eigenvalue weighted by molar-refractivity contribution is 5.84. The monoisotopic (exact) mass is 349 g/mol. The summed E-state index contributed by atoms with van der Waals surface area (Å²) in [4.78, 5) is 17.5. The van der Waals surface area contributed by atoms with Gasteiger partial charge in [-0.1, -0.05) is 37.3 Å². The van der Waals surface area contributed by atoms with Crippen LogP contribution in [-0.4, -0.2) is 22.0 Å². The number of hydrogen-bond donors (Lipinski definition) is 1. The Hall–Kier alpha value is -2.62. The molecule has 4 nitrogen and oxygen atoms in total. The van der Waals surface area contributed by atoms with Crippen molar-refractivity contribution in [2.24, 2.45) is 0 Å². The van der Waals surface area contributed by atoms with Gasteiger partial charge in [0.15, 0.2) is 0 Å². The summed E-state index contributed by atoms with van der Waals surface area (Å²) in [7, 11) is 0. The van der Waals surface area contributed by atoms with Gasteiger partial charge in [0.1, 0.15) is 11.9 Å². The van der Waals surface area contributed by atoms with Gasteiger partial charge in [0.25, 0.3) is 0 Å². The quantitative estimate of drug-likeness (QED) is 0.720. The average molecular weight is 349 g/mol. The maximum Gasteiger partial charge on any atom is 0.242 e. The van der Waals surface area contributed by atoms with Crippen molar-refractivity contribution >= 4 is 16.9 Å². The van der Waals surface area contributed by atoms with Gasteiger partial charge in [-0.25, -0.2) is 4.98 Å². The highest BCUT2D eigenvalue weighted by Gasteiger charge is 2.22. The summed E-state index contributed by atoms with van der Waals surface area (Å²) in [5.74, 6) is 0.967. The van der Waals surface area contributed by atoms with E-state index in [0.29, 0.717) is 13.0 Å². The minimum Gasteiger partial charge on any atom is -0.354 e. The molecule has 0 aliphatic rings. The molecule has 3 aromatic rings. The molecule has 3 rings (SSSR count). The molecule has 26 heavy (non-hydrogen) atoms. The molecule has 0 fully saturated rings. The number of benzene rings is 2. The Morgan fingerprint density at radius 2 is 1.85 bits per heavy atom. The zero-order chi connectivity index (χ0) is 18.7. The van der Waals surface area contributed by atoms with Gasteiger partial charge in [-0.2, -0.15) is 0 Å². The fourth-order valence-corrected chi connectivity index (χ4v) is 3.25. The molecular formula is C22H27N3O. The number of imidazole rings is 1. The molecule has 1 N–H and O–H groups in total. The van der Waals surface area contributed by atoms with Gasteiger partial charge in [-0.3, -0.25) is 4.79 Å². The van der Waals surface area contributed by atoms with E-state index in [4.69, 9.17) is 4.98 Å². The van der Waals surface area contributed by atoms with E-state index >= 15 is 0 Å². The molecule has 1 unspecified atom stereocenters. The first-order chi connectivity index (χ1) is 12.5. The third kappa shape index (κ3) is 3.64. The van der Waals surface area contributed by atoms with E-state index in [0.717, 1.165) is 23.3 Å². The molecule has 0 radical (unpaired) electrons. The molecule has 0 saturated heterocycles. The smallest absolute Gasteiger partial charge is 0.242 e. The number of amides is 1. The van der Waals surface area contributed by atoms with Gasteiger partial charge in [0.05, 0.1) is 11.0 Å². The summed E-state index contributed by atoms with van der Waals surface area (Å²) >= 11 is 0. The van der Waals surface area contributed by atoms with Crippen molar-refractivity contribution in [1.82, 2.24) is 14.9 Å². The molecule has 1 aromatic heterocycles. The third-order valence-corrected chi connectivity index (χ3v) is 4.90. The highest BCUT2D eigenvalue weighted by Crippen LogP contribution is 2.26. The Bertz CT molecular complexity index is 912. The van der Waals surface area contributed by atoms with E-state index in [1.165, 1.54) is 16.7 Å². The van der Waals surface area contributed by atoms with Crippen LogP contribution in [0.15, 0.2) is 42.5 Å². The van der Waals surface area contributed by atoms with Crippen molar-refractivity contribution in [2.45, 2.75) is 46.6 Å². The summed E-state index contributed by atoms with van der Waals surface area (Å²) < 4.78 is 2.10. The number of nitrogens with one attached hydrogen (secondary N) is 1. The van der Waals surface area contributed by atoms with Crippen molar-refractivity contribution in [3.05, 3.63) is 65.0 Å². The highest BCUT2D eigenvalue weighted by atomic mass is 16.2. The SMILES string of the molecule is CCCNC(=O)C(C)n1c(Cc2ccccc2)nc2cc(C)c(C)cc21. The topological polar surface area (TPSA) is 46.9 Å². The zero-order valence-electron chi connectivity index (χ0n) is 16.0. The summed E-state index contributed by atoms with van der Waals surface area (Å²) in [5, 5.41) is 3.01. The lowest BCUT2D eigenvalue weighted by molar-refractivity contribution is -0.123. The maximum atomic E-state index is 12.6. The van der Waals surface area contributed by atoms with Crippen LogP contribution in [0.4, 0.5) is 0 Å². The van der Waals surface area contributed by atoms with Crippen molar-refractivity contribution in [2.75, 3.05) is 6.54 Å². The molecular weight excluding hydrogens is 322 g/mol. The van der Waals surface area contributed by atoms with E-state index in [1.54, 1.807) is 0 Å². The van der Waals surface area contributed by atoms with Crippen LogP contribution in [-0.2, 0) is 11.2 Å². The average Bonchev–Trinajstić information content (AvgIpc) is 2.96. The molecule has 0 saturated carbocycles. The maximum absolute atomic E-state index is 12.6. The van der Waals surface area contributed by atoms with Gasteiger partial charge in [-0.05, 0) is 56.0 Å². The van der Waals surface area contributed by atoms with Gasteiger partial charge >= 0.3 is 0 Å². The number of nitrogens with zero attached hydrogens (tertiary/aromatic N) is 2. The van der Waals surface area contributed by atoms with Crippen LogP contribution in [0, 0.1) is 13.8 Å².